The van der Waals surface area contributed by atoms with Gasteiger partial charge in [0.25, 0.3) is 0 Å². The number of sulfonamides is 1. The maximum atomic E-state index is 12.4. The number of nitrogens with zero attached hydrogens (tertiary/aromatic N) is 1. The molecule has 3 aliphatic rings. The molecule has 8 heteroatoms. The highest BCUT2D eigenvalue weighted by Gasteiger charge is 2.48. The summed E-state index contributed by atoms with van der Waals surface area (Å²) >= 11 is 0. The van der Waals surface area contributed by atoms with Gasteiger partial charge in [0, 0.05) is 13.1 Å². The molecule has 2 saturated heterocycles. The molecule has 0 spiro atoms. The third-order valence-corrected chi connectivity index (χ3v) is 9.22. The molecule has 0 aromatic carbocycles. The van der Waals surface area contributed by atoms with Crippen molar-refractivity contribution in [3.05, 3.63) is 0 Å². The van der Waals surface area contributed by atoms with E-state index in [4.69, 9.17) is 0 Å². The maximum absolute atomic E-state index is 12.4. The van der Waals surface area contributed by atoms with Crippen molar-refractivity contribution in [1.82, 2.24) is 4.31 Å². The second-order valence-electron chi connectivity index (χ2n) is 7.15. The molecule has 0 radical (unpaired) electrons. The van der Waals surface area contributed by atoms with Gasteiger partial charge < -0.3 is 5.11 Å². The maximum Gasteiger partial charge on any atom is 0.214 e. The van der Waals surface area contributed by atoms with Crippen LogP contribution in [0.25, 0.3) is 0 Å². The first-order valence-corrected chi connectivity index (χ1v) is 11.5. The van der Waals surface area contributed by atoms with Gasteiger partial charge in [-0.2, -0.15) is 0 Å². The summed E-state index contributed by atoms with van der Waals surface area (Å²) in [6.45, 7) is 0.969. The lowest BCUT2D eigenvalue weighted by Gasteiger charge is -2.33. The molecule has 1 unspecified atom stereocenters. The van der Waals surface area contributed by atoms with Crippen LogP contribution in [0.4, 0.5) is 0 Å². The molecule has 3 fully saturated rings. The zero-order valence-electron chi connectivity index (χ0n) is 12.8. The van der Waals surface area contributed by atoms with Crippen molar-refractivity contribution in [2.45, 2.75) is 44.1 Å². The predicted molar refractivity (Wildman–Crippen MR) is 83.6 cm³/mol. The molecular weight excluding hydrogens is 326 g/mol. The van der Waals surface area contributed by atoms with Crippen LogP contribution in [0.2, 0.25) is 0 Å². The van der Waals surface area contributed by atoms with Gasteiger partial charge >= 0.3 is 0 Å². The van der Waals surface area contributed by atoms with Crippen molar-refractivity contribution < 1.29 is 21.9 Å². The van der Waals surface area contributed by atoms with Crippen molar-refractivity contribution >= 4 is 19.9 Å². The van der Waals surface area contributed by atoms with Gasteiger partial charge in [-0.05, 0) is 50.4 Å². The number of aliphatic hydroxyl groups is 1. The smallest absolute Gasteiger partial charge is 0.214 e. The molecule has 0 aromatic rings. The van der Waals surface area contributed by atoms with E-state index in [2.05, 4.69) is 0 Å². The zero-order chi connectivity index (χ0) is 16.0. The van der Waals surface area contributed by atoms with Gasteiger partial charge in [-0.3, -0.25) is 0 Å². The van der Waals surface area contributed by atoms with E-state index in [1.54, 1.807) is 0 Å². The highest BCUT2D eigenvalue weighted by atomic mass is 32.2. The minimum absolute atomic E-state index is 0.00973. The Morgan fingerprint density at radius 2 is 1.77 bits per heavy atom. The number of hydrogen-bond donors (Lipinski definition) is 1. The first-order valence-electron chi connectivity index (χ1n) is 8.11. The Morgan fingerprint density at radius 1 is 1.14 bits per heavy atom. The van der Waals surface area contributed by atoms with E-state index in [1.165, 1.54) is 4.31 Å². The van der Waals surface area contributed by atoms with Crippen LogP contribution in [0.1, 0.15) is 38.5 Å². The Hall–Kier alpha value is -0.180. The van der Waals surface area contributed by atoms with E-state index in [9.17, 15) is 21.9 Å². The van der Waals surface area contributed by atoms with Gasteiger partial charge in [0.2, 0.25) is 10.0 Å². The average molecular weight is 351 g/mol. The normalized spacial score (nSPS) is 32.1. The zero-order valence-corrected chi connectivity index (χ0v) is 14.4. The van der Waals surface area contributed by atoms with Gasteiger partial charge in [-0.15, -0.1) is 0 Å². The molecule has 6 nitrogen and oxygen atoms in total. The Kier molecular flexibility index (Phi) is 4.33. The Bertz CT molecular complexity index is 616. The van der Waals surface area contributed by atoms with Crippen molar-refractivity contribution in [2.24, 2.45) is 11.8 Å². The quantitative estimate of drug-likeness (QED) is 0.773. The monoisotopic (exact) mass is 351 g/mol. The summed E-state index contributed by atoms with van der Waals surface area (Å²) in [4.78, 5) is 0. The van der Waals surface area contributed by atoms with Crippen LogP contribution >= 0.6 is 0 Å². The highest BCUT2D eigenvalue weighted by Crippen LogP contribution is 2.46. The van der Waals surface area contributed by atoms with Crippen LogP contribution in [-0.4, -0.2) is 62.2 Å². The molecule has 128 valence electrons. The fourth-order valence-corrected chi connectivity index (χ4v) is 7.32. The summed E-state index contributed by atoms with van der Waals surface area (Å²) in [6.07, 6.45) is 4.18. The van der Waals surface area contributed by atoms with Gasteiger partial charge in [-0.25, -0.2) is 21.1 Å². The van der Waals surface area contributed by atoms with Gasteiger partial charge in [0.15, 0.2) is 9.84 Å². The van der Waals surface area contributed by atoms with E-state index in [0.29, 0.717) is 25.9 Å². The fraction of sp³-hybridized carbons (Fsp3) is 1.00. The lowest BCUT2D eigenvalue weighted by Crippen LogP contribution is -2.43. The van der Waals surface area contributed by atoms with Crippen molar-refractivity contribution in [2.75, 3.05) is 30.3 Å². The van der Waals surface area contributed by atoms with E-state index in [1.807, 2.05) is 0 Å². The summed E-state index contributed by atoms with van der Waals surface area (Å²) < 4.78 is 49.1. The molecule has 0 bridgehead atoms. The lowest BCUT2D eigenvalue weighted by molar-refractivity contribution is 0.0534. The standard InChI is InChI=1S/C14H25NO5S2/c16-14(5-6-14)13-1-7-15(8-2-13)22(19,20)10-4-12-3-9-21(17,18)11-12/h12-13,16H,1-11H2. The Balaban J connectivity index is 1.49. The average Bonchev–Trinajstić information content (AvgIpc) is 3.11. The van der Waals surface area contributed by atoms with Gasteiger partial charge in [-0.1, -0.05) is 0 Å². The third kappa shape index (κ3) is 3.66. The van der Waals surface area contributed by atoms with E-state index in [-0.39, 0.29) is 29.1 Å². The summed E-state index contributed by atoms with van der Waals surface area (Å²) in [5, 5.41) is 10.1. The molecule has 0 aromatic heterocycles. The fourth-order valence-electron chi connectivity index (χ4n) is 3.75. The topological polar surface area (TPSA) is 91.8 Å². The second-order valence-corrected chi connectivity index (χ2v) is 11.5. The third-order valence-electron chi connectivity index (χ3n) is 5.48. The van der Waals surface area contributed by atoms with Crippen LogP contribution in [0.3, 0.4) is 0 Å². The van der Waals surface area contributed by atoms with Crippen LogP contribution < -0.4 is 0 Å². The van der Waals surface area contributed by atoms with Gasteiger partial charge in [0.05, 0.1) is 22.9 Å². The van der Waals surface area contributed by atoms with Crippen LogP contribution in [0.5, 0.6) is 0 Å². The summed E-state index contributed by atoms with van der Waals surface area (Å²) in [5.41, 5.74) is -0.520. The van der Waals surface area contributed by atoms with Gasteiger partial charge in [0.1, 0.15) is 0 Å². The predicted octanol–water partition coefficient (Wildman–Crippen LogP) is 0.378. The van der Waals surface area contributed by atoms with E-state index >= 15 is 0 Å². The lowest BCUT2D eigenvalue weighted by atomic mass is 9.90. The van der Waals surface area contributed by atoms with Crippen molar-refractivity contribution in [1.29, 1.82) is 0 Å². The second kappa shape index (κ2) is 5.72. The molecule has 1 atom stereocenters. The summed E-state index contributed by atoms with van der Waals surface area (Å²) in [5.74, 6) is 0.602. The Morgan fingerprint density at radius 3 is 2.27 bits per heavy atom. The molecule has 3 rings (SSSR count). The first-order chi connectivity index (χ1) is 10.2. The molecule has 1 N–H and O–H groups in total. The summed E-state index contributed by atoms with van der Waals surface area (Å²) in [6, 6.07) is 0. The minimum Gasteiger partial charge on any atom is -0.390 e. The summed E-state index contributed by atoms with van der Waals surface area (Å²) in [7, 11) is -6.24. The Labute approximate surface area is 132 Å². The molecule has 1 aliphatic carbocycles. The number of piperidine rings is 1. The molecule has 1 saturated carbocycles. The number of hydrogen-bond acceptors (Lipinski definition) is 5. The van der Waals surface area contributed by atoms with Crippen LogP contribution in [0.15, 0.2) is 0 Å². The van der Waals surface area contributed by atoms with Crippen LogP contribution in [0, 0.1) is 11.8 Å². The van der Waals surface area contributed by atoms with Crippen molar-refractivity contribution in [3.63, 3.8) is 0 Å². The largest absolute Gasteiger partial charge is 0.390 e. The molecular formula is C14H25NO5S2. The number of sulfone groups is 1. The number of rotatable bonds is 5. The first kappa shape index (κ1) is 16.7. The van der Waals surface area contributed by atoms with Crippen LogP contribution in [-0.2, 0) is 19.9 Å². The minimum atomic E-state index is -3.30. The molecule has 0 amide bonds. The highest BCUT2D eigenvalue weighted by molar-refractivity contribution is 7.91. The van der Waals surface area contributed by atoms with E-state index < -0.39 is 25.5 Å². The van der Waals surface area contributed by atoms with Crippen molar-refractivity contribution in [3.8, 4) is 0 Å². The molecule has 2 aliphatic heterocycles. The van der Waals surface area contributed by atoms with E-state index in [0.717, 1.165) is 25.7 Å². The molecule has 2 heterocycles. The SMILES string of the molecule is O=S1(=O)CCC(CCS(=O)(=O)N2CCC(C3(O)CC3)CC2)C1. The molecule has 22 heavy (non-hydrogen) atoms.